The predicted octanol–water partition coefficient (Wildman–Crippen LogP) is 3.80. The Morgan fingerprint density at radius 2 is 1.33 bits per heavy atom. The molecule has 0 spiro atoms. The summed E-state index contributed by atoms with van der Waals surface area (Å²) in [6.07, 6.45) is 0.224. The molecule has 0 radical (unpaired) electrons. The van der Waals surface area contributed by atoms with Gasteiger partial charge in [0.1, 0.15) is 17.9 Å². The number of carbonyl (C=O) groups is 2. The number of hydrogen-bond donors (Lipinski definition) is 6. The van der Waals surface area contributed by atoms with Crippen LogP contribution in [0.3, 0.4) is 0 Å². The van der Waals surface area contributed by atoms with Crippen LogP contribution in [0.25, 0.3) is 0 Å². The number of hydrogen-bond acceptors (Lipinski definition) is 6. The molecule has 0 bridgehead atoms. The van der Waals surface area contributed by atoms with Gasteiger partial charge in [0.2, 0.25) is 21.8 Å². The Hall–Kier alpha value is -4.84. The van der Waals surface area contributed by atoms with Crippen LogP contribution in [0.2, 0.25) is 0 Å². The van der Waals surface area contributed by atoms with Crippen LogP contribution in [0.4, 0.5) is 0 Å². The van der Waals surface area contributed by atoms with Gasteiger partial charge in [-0.05, 0) is 45.2 Å². The van der Waals surface area contributed by atoms with Crippen LogP contribution < -0.4 is 26.8 Å². The molecule has 0 saturated heterocycles. The van der Waals surface area contributed by atoms with Crippen molar-refractivity contribution in [1.29, 1.82) is 5.41 Å². The lowest BCUT2D eigenvalue weighted by Crippen LogP contribution is -2.55. The second-order valence-corrected chi connectivity index (χ2v) is 14.9. The third kappa shape index (κ3) is 11.4. The number of nitrogen functional groups attached to an aromatic ring is 1. The molecule has 2 atom stereocenters. The Morgan fingerprint density at radius 1 is 0.735 bits per heavy atom. The van der Waals surface area contributed by atoms with Crippen molar-refractivity contribution in [1.82, 2.24) is 15.4 Å². The highest BCUT2D eigenvalue weighted by molar-refractivity contribution is 7.88. The minimum absolute atomic E-state index is 0.0582. The molecule has 4 rings (SSSR count). The Morgan fingerprint density at radius 3 is 1.94 bits per heavy atom. The van der Waals surface area contributed by atoms with Crippen molar-refractivity contribution in [2.75, 3.05) is 0 Å². The van der Waals surface area contributed by atoms with Gasteiger partial charge >= 0.3 is 0 Å². The fraction of sp³-hybridized carbons (Fsp3) is 0.289. The summed E-state index contributed by atoms with van der Waals surface area (Å²) in [6.45, 7) is 6.79. The minimum Gasteiger partial charge on any atom is -0.384 e. The monoisotopic (exact) mass is 682 g/mol. The summed E-state index contributed by atoms with van der Waals surface area (Å²) in [5.74, 6) is -1.43. The van der Waals surface area contributed by atoms with Crippen LogP contribution in [0, 0.1) is 5.41 Å². The molecule has 0 aliphatic carbocycles. The topological polar surface area (TPSA) is 180 Å². The van der Waals surface area contributed by atoms with E-state index in [9.17, 15) is 18.0 Å². The Labute approximate surface area is 289 Å². The Kier molecular flexibility index (Phi) is 12.5. The third-order valence-electron chi connectivity index (χ3n) is 8.13. The quantitative estimate of drug-likeness (QED) is 0.0820. The van der Waals surface area contributed by atoms with Crippen molar-refractivity contribution in [3.05, 3.63) is 142 Å². The smallest absolute Gasteiger partial charge is 0.243 e. The first-order valence-electron chi connectivity index (χ1n) is 16.1. The van der Waals surface area contributed by atoms with Gasteiger partial charge < -0.3 is 22.1 Å². The van der Waals surface area contributed by atoms with Crippen molar-refractivity contribution >= 4 is 27.7 Å². The van der Waals surface area contributed by atoms with Crippen molar-refractivity contribution in [3.63, 3.8) is 0 Å². The van der Waals surface area contributed by atoms with E-state index in [-0.39, 0.29) is 36.4 Å². The third-order valence-corrected chi connectivity index (χ3v) is 9.49. The van der Waals surface area contributed by atoms with E-state index in [1.165, 1.54) is 0 Å². The highest BCUT2D eigenvalue weighted by Gasteiger charge is 2.30. The SMILES string of the molecule is CC(C)(C)c1ccc(C[C@@H](NS(=O)(=O)Cc2ccccc2)C(=O)N[C@@H](Cc2cccc(CN)c2)C(=O)NCc2ccc(C(=N)N)cc2)cc1. The van der Waals surface area contributed by atoms with E-state index in [1.807, 2.05) is 48.5 Å². The number of sulfonamides is 1. The van der Waals surface area contributed by atoms with Gasteiger partial charge in [-0.1, -0.05) is 124 Å². The standard InChI is InChI=1S/C38H46N6O4S/c1-38(2,3)32-18-14-26(15-19-32)21-34(44-49(47,48)25-28-8-5-4-6-9-28)37(46)43-33(22-29-10-7-11-30(20-29)23-39)36(45)42-24-27-12-16-31(17-13-27)35(40)41/h4-20,33-34,44H,21-25,39H2,1-3H3,(H3,40,41)(H,42,45)(H,43,46)/t33-,34+/m0/s1. The van der Waals surface area contributed by atoms with Crippen molar-refractivity contribution in [2.24, 2.45) is 11.5 Å². The number of rotatable bonds is 15. The van der Waals surface area contributed by atoms with Crippen LogP contribution >= 0.6 is 0 Å². The van der Waals surface area contributed by atoms with Gasteiger partial charge in [-0.3, -0.25) is 15.0 Å². The summed E-state index contributed by atoms with van der Waals surface area (Å²) in [5.41, 5.74) is 16.8. The van der Waals surface area contributed by atoms with Gasteiger partial charge in [0.05, 0.1) is 5.75 Å². The molecule has 0 heterocycles. The predicted molar refractivity (Wildman–Crippen MR) is 194 cm³/mol. The molecule has 10 nitrogen and oxygen atoms in total. The first-order chi connectivity index (χ1) is 23.2. The molecule has 8 N–H and O–H groups in total. The normalized spacial score (nSPS) is 12.9. The Balaban J connectivity index is 1.59. The summed E-state index contributed by atoms with van der Waals surface area (Å²) < 4.78 is 29.4. The second-order valence-electron chi connectivity index (χ2n) is 13.2. The van der Waals surface area contributed by atoms with E-state index in [4.69, 9.17) is 16.9 Å². The van der Waals surface area contributed by atoms with Crippen LogP contribution in [0.15, 0.2) is 103 Å². The number of benzene rings is 4. The van der Waals surface area contributed by atoms with Gasteiger partial charge in [0, 0.05) is 25.1 Å². The van der Waals surface area contributed by atoms with Gasteiger partial charge in [-0.25, -0.2) is 13.1 Å². The lowest BCUT2D eigenvalue weighted by molar-refractivity contribution is -0.129. The summed E-state index contributed by atoms with van der Waals surface area (Å²) in [7, 11) is -3.96. The lowest BCUT2D eigenvalue weighted by atomic mass is 9.86. The Bertz CT molecular complexity index is 1840. The number of nitrogens with two attached hydrogens (primary N) is 2. The van der Waals surface area contributed by atoms with Gasteiger partial charge in [-0.15, -0.1) is 0 Å². The average molecular weight is 683 g/mol. The molecular formula is C38H46N6O4S. The van der Waals surface area contributed by atoms with E-state index >= 15 is 0 Å². The molecule has 0 saturated carbocycles. The van der Waals surface area contributed by atoms with Crippen LogP contribution in [0.1, 0.15) is 59.7 Å². The summed E-state index contributed by atoms with van der Waals surface area (Å²) >= 11 is 0. The first kappa shape index (κ1) is 37.0. The zero-order chi connectivity index (χ0) is 35.6. The number of amides is 2. The molecule has 0 unspecified atom stereocenters. The average Bonchev–Trinajstić information content (AvgIpc) is 3.06. The van der Waals surface area contributed by atoms with Gasteiger partial charge in [0.15, 0.2) is 0 Å². The highest BCUT2D eigenvalue weighted by Crippen LogP contribution is 2.23. The molecule has 4 aromatic carbocycles. The van der Waals surface area contributed by atoms with Crippen LogP contribution in [-0.2, 0) is 56.7 Å². The molecule has 258 valence electrons. The second kappa shape index (κ2) is 16.5. The fourth-order valence-electron chi connectivity index (χ4n) is 5.33. The first-order valence-corrected chi connectivity index (χ1v) is 17.8. The van der Waals surface area contributed by atoms with Crippen molar-refractivity contribution in [2.45, 2.75) is 70.0 Å². The number of amidine groups is 1. The van der Waals surface area contributed by atoms with E-state index in [0.717, 1.165) is 27.8 Å². The molecule has 0 aliphatic heterocycles. The molecule has 0 aromatic heterocycles. The molecular weight excluding hydrogens is 637 g/mol. The van der Waals surface area contributed by atoms with Crippen molar-refractivity contribution in [3.8, 4) is 0 Å². The highest BCUT2D eigenvalue weighted by atomic mass is 32.2. The summed E-state index contributed by atoms with van der Waals surface area (Å²) in [6, 6.07) is 28.6. The summed E-state index contributed by atoms with van der Waals surface area (Å²) in [5, 5.41) is 13.3. The zero-order valence-electron chi connectivity index (χ0n) is 28.2. The molecule has 4 aromatic rings. The summed E-state index contributed by atoms with van der Waals surface area (Å²) in [4.78, 5) is 27.7. The molecule has 49 heavy (non-hydrogen) atoms. The largest absolute Gasteiger partial charge is 0.384 e. The molecule has 11 heteroatoms. The van der Waals surface area contributed by atoms with E-state index in [0.29, 0.717) is 17.7 Å². The maximum atomic E-state index is 14.0. The van der Waals surface area contributed by atoms with Crippen LogP contribution in [-0.4, -0.2) is 38.2 Å². The van der Waals surface area contributed by atoms with E-state index in [2.05, 4.69) is 36.1 Å². The minimum atomic E-state index is -3.96. The van der Waals surface area contributed by atoms with E-state index < -0.39 is 33.9 Å². The van der Waals surface area contributed by atoms with Gasteiger partial charge in [-0.2, -0.15) is 0 Å². The van der Waals surface area contributed by atoms with Crippen LogP contribution in [0.5, 0.6) is 0 Å². The fourth-order valence-corrected chi connectivity index (χ4v) is 6.67. The zero-order valence-corrected chi connectivity index (χ0v) is 29.0. The molecule has 0 aliphatic rings. The van der Waals surface area contributed by atoms with Crippen molar-refractivity contribution < 1.29 is 18.0 Å². The maximum absolute atomic E-state index is 14.0. The van der Waals surface area contributed by atoms with Gasteiger partial charge in [0.25, 0.3) is 0 Å². The number of carbonyl (C=O) groups excluding carboxylic acids is 2. The number of nitrogens with one attached hydrogen (secondary N) is 4. The lowest BCUT2D eigenvalue weighted by Gasteiger charge is -2.24. The maximum Gasteiger partial charge on any atom is 0.243 e. The molecule has 2 amide bonds. The molecule has 0 fully saturated rings. The van der Waals surface area contributed by atoms with E-state index in [1.54, 1.807) is 54.6 Å².